The van der Waals surface area contributed by atoms with Crippen molar-refractivity contribution in [3.8, 4) is 0 Å². The summed E-state index contributed by atoms with van der Waals surface area (Å²) in [5.41, 5.74) is 2.09. The number of aromatic amines is 1. The fourth-order valence-corrected chi connectivity index (χ4v) is 4.26. The molecular weight excluding hydrogens is 412 g/mol. The molecule has 0 unspecified atom stereocenters. The van der Waals surface area contributed by atoms with Gasteiger partial charge in [-0.25, -0.2) is 0 Å². The maximum absolute atomic E-state index is 12.9. The lowest BCUT2D eigenvalue weighted by Gasteiger charge is -2.33. The standard InChI is InChI=1S/C22H20N6O4/c1-26-6-8-27(9-7-26)13-10-15(20(24-11-13)28(31)32)18-19(22(30)25-21(18)29)16-12-23-17-5-3-2-4-14(16)17/h2-5,10-12,23H,6-9H2,1H3,(H,25,29,30). The van der Waals surface area contributed by atoms with Crippen LogP contribution in [-0.4, -0.2) is 64.8 Å². The van der Waals surface area contributed by atoms with E-state index < -0.39 is 22.6 Å². The predicted octanol–water partition coefficient (Wildman–Crippen LogP) is 1.79. The van der Waals surface area contributed by atoms with Crippen LogP contribution in [0, 0.1) is 10.1 Å². The Labute approximate surface area is 182 Å². The highest BCUT2D eigenvalue weighted by molar-refractivity contribution is 6.50. The van der Waals surface area contributed by atoms with E-state index in [4.69, 9.17) is 0 Å². The second kappa shape index (κ2) is 7.57. The summed E-state index contributed by atoms with van der Waals surface area (Å²) in [6, 6.07) is 8.96. The molecule has 2 N–H and O–H groups in total. The van der Waals surface area contributed by atoms with Crippen LogP contribution in [0.25, 0.3) is 22.0 Å². The van der Waals surface area contributed by atoms with Gasteiger partial charge in [-0.2, -0.15) is 0 Å². The summed E-state index contributed by atoms with van der Waals surface area (Å²) >= 11 is 0. The SMILES string of the molecule is CN1CCN(c2cnc([N+](=O)[O-])c(C3=C(c4c[nH]c5ccccc45)C(=O)NC3=O)c2)CC1. The second-order valence-corrected chi connectivity index (χ2v) is 7.89. The van der Waals surface area contributed by atoms with E-state index in [0.29, 0.717) is 11.3 Å². The van der Waals surface area contributed by atoms with Crippen molar-refractivity contribution < 1.29 is 14.5 Å². The van der Waals surface area contributed by atoms with Gasteiger partial charge in [0.15, 0.2) is 6.20 Å². The molecule has 0 radical (unpaired) electrons. The monoisotopic (exact) mass is 432 g/mol. The van der Waals surface area contributed by atoms with E-state index in [1.54, 1.807) is 12.3 Å². The molecule has 0 atom stereocenters. The molecule has 32 heavy (non-hydrogen) atoms. The Morgan fingerprint density at radius 2 is 1.72 bits per heavy atom. The number of likely N-dealkylation sites (N-methyl/N-ethyl adjacent to an activating group) is 1. The third-order valence-electron chi connectivity index (χ3n) is 5.95. The topological polar surface area (TPSA) is 124 Å². The molecular formula is C22H20N6O4. The van der Waals surface area contributed by atoms with Crippen molar-refractivity contribution in [2.45, 2.75) is 0 Å². The van der Waals surface area contributed by atoms with Gasteiger partial charge < -0.3 is 24.9 Å². The normalized spacial score (nSPS) is 17.3. The largest absolute Gasteiger partial charge is 0.371 e. The molecule has 1 aromatic carbocycles. The number of nitro groups is 1. The zero-order valence-electron chi connectivity index (χ0n) is 17.3. The molecule has 5 rings (SSSR count). The van der Waals surface area contributed by atoms with E-state index in [1.807, 2.05) is 31.3 Å². The van der Waals surface area contributed by atoms with Gasteiger partial charge in [-0.3, -0.25) is 14.9 Å². The first-order valence-electron chi connectivity index (χ1n) is 10.2. The average Bonchev–Trinajstić information content (AvgIpc) is 3.33. The number of nitrogens with one attached hydrogen (secondary N) is 2. The number of imide groups is 1. The minimum atomic E-state index is -0.671. The van der Waals surface area contributed by atoms with E-state index in [9.17, 15) is 19.7 Å². The van der Waals surface area contributed by atoms with Crippen LogP contribution in [0.3, 0.4) is 0 Å². The Kier molecular flexibility index (Phi) is 4.71. The first kappa shape index (κ1) is 19.9. The predicted molar refractivity (Wildman–Crippen MR) is 119 cm³/mol. The molecule has 4 heterocycles. The summed E-state index contributed by atoms with van der Waals surface area (Å²) in [6.07, 6.45) is 3.09. The third kappa shape index (κ3) is 3.21. The Morgan fingerprint density at radius 1 is 1.03 bits per heavy atom. The maximum atomic E-state index is 12.9. The van der Waals surface area contributed by atoms with Crippen LogP contribution >= 0.6 is 0 Å². The number of amides is 2. The van der Waals surface area contributed by atoms with E-state index >= 15 is 0 Å². The summed E-state index contributed by atoms with van der Waals surface area (Å²) in [5.74, 6) is -1.72. The molecule has 2 amide bonds. The fraction of sp³-hybridized carbons (Fsp3) is 0.227. The van der Waals surface area contributed by atoms with Gasteiger partial charge in [-0.15, -0.1) is 0 Å². The summed E-state index contributed by atoms with van der Waals surface area (Å²) in [4.78, 5) is 48.2. The zero-order chi connectivity index (χ0) is 22.4. The van der Waals surface area contributed by atoms with Crippen molar-refractivity contribution in [3.63, 3.8) is 0 Å². The summed E-state index contributed by atoms with van der Waals surface area (Å²) in [6.45, 7) is 3.15. The number of anilines is 1. The van der Waals surface area contributed by atoms with Crippen molar-refractivity contribution in [2.75, 3.05) is 38.1 Å². The first-order chi connectivity index (χ1) is 15.4. The number of benzene rings is 1. The molecule has 1 fully saturated rings. The van der Waals surface area contributed by atoms with Crippen LogP contribution in [-0.2, 0) is 9.59 Å². The van der Waals surface area contributed by atoms with Gasteiger partial charge in [0.1, 0.15) is 0 Å². The average molecular weight is 432 g/mol. The number of para-hydroxylation sites is 1. The molecule has 1 saturated heterocycles. The number of piperazine rings is 1. The number of pyridine rings is 1. The van der Waals surface area contributed by atoms with Gasteiger partial charge in [0.25, 0.3) is 11.8 Å². The molecule has 10 heteroatoms. The number of fused-ring (bicyclic) bond motifs is 1. The minimum Gasteiger partial charge on any atom is -0.366 e. The molecule has 3 aromatic rings. The van der Waals surface area contributed by atoms with Gasteiger partial charge in [-0.05, 0) is 29.1 Å². The van der Waals surface area contributed by atoms with E-state index in [0.717, 1.165) is 37.1 Å². The molecule has 2 aliphatic heterocycles. The Morgan fingerprint density at radius 3 is 2.44 bits per heavy atom. The van der Waals surface area contributed by atoms with Crippen molar-refractivity contribution in [1.29, 1.82) is 0 Å². The number of hydrogen-bond acceptors (Lipinski definition) is 7. The summed E-state index contributed by atoms with van der Waals surface area (Å²) in [7, 11) is 2.03. The number of hydrogen-bond donors (Lipinski definition) is 2. The molecule has 162 valence electrons. The quantitative estimate of drug-likeness (QED) is 0.366. The number of H-pyrrole nitrogens is 1. The maximum Gasteiger partial charge on any atom is 0.371 e. The number of rotatable bonds is 4. The van der Waals surface area contributed by atoms with Gasteiger partial charge in [0.05, 0.1) is 22.4 Å². The second-order valence-electron chi connectivity index (χ2n) is 7.89. The van der Waals surface area contributed by atoms with Gasteiger partial charge >= 0.3 is 5.82 Å². The Bertz CT molecular complexity index is 1300. The molecule has 2 aliphatic rings. The highest BCUT2D eigenvalue weighted by Gasteiger charge is 2.37. The van der Waals surface area contributed by atoms with Crippen molar-refractivity contribution in [1.82, 2.24) is 20.2 Å². The lowest BCUT2D eigenvalue weighted by Crippen LogP contribution is -2.44. The third-order valence-corrected chi connectivity index (χ3v) is 5.95. The van der Waals surface area contributed by atoms with E-state index in [2.05, 4.69) is 25.1 Å². The number of carbonyl (C=O) groups is 2. The smallest absolute Gasteiger partial charge is 0.366 e. The van der Waals surface area contributed by atoms with Crippen LogP contribution in [0.4, 0.5) is 11.5 Å². The van der Waals surface area contributed by atoms with Crippen LogP contribution < -0.4 is 10.2 Å². The van der Waals surface area contributed by atoms with Crippen LogP contribution in [0.2, 0.25) is 0 Å². The number of nitrogens with zero attached hydrogens (tertiary/aromatic N) is 4. The van der Waals surface area contributed by atoms with Crippen LogP contribution in [0.1, 0.15) is 11.1 Å². The van der Waals surface area contributed by atoms with Crippen LogP contribution in [0.15, 0.2) is 42.7 Å². The Hall–Kier alpha value is -4.05. The van der Waals surface area contributed by atoms with E-state index in [-0.39, 0.29) is 16.7 Å². The minimum absolute atomic E-state index is 0.0325. The van der Waals surface area contributed by atoms with Crippen molar-refractivity contribution >= 4 is 45.4 Å². The number of aromatic nitrogens is 2. The van der Waals surface area contributed by atoms with Gasteiger partial charge in [-0.1, -0.05) is 18.2 Å². The summed E-state index contributed by atoms with van der Waals surface area (Å²) < 4.78 is 0. The lowest BCUT2D eigenvalue weighted by molar-refractivity contribution is -0.389. The van der Waals surface area contributed by atoms with Gasteiger partial charge in [0.2, 0.25) is 0 Å². The van der Waals surface area contributed by atoms with Crippen molar-refractivity contribution in [2.24, 2.45) is 0 Å². The highest BCUT2D eigenvalue weighted by atomic mass is 16.6. The molecule has 0 saturated carbocycles. The summed E-state index contributed by atoms with van der Waals surface area (Å²) in [5, 5.41) is 14.8. The Balaban J connectivity index is 1.71. The number of carbonyl (C=O) groups excluding carboxylic acids is 2. The molecule has 0 bridgehead atoms. The van der Waals surface area contributed by atoms with Crippen LogP contribution in [0.5, 0.6) is 0 Å². The molecule has 10 nitrogen and oxygen atoms in total. The van der Waals surface area contributed by atoms with E-state index in [1.165, 1.54) is 6.20 Å². The zero-order valence-corrected chi connectivity index (χ0v) is 17.3. The first-order valence-corrected chi connectivity index (χ1v) is 10.2. The fourth-order valence-electron chi connectivity index (χ4n) is 4.26. The molecule has 0 aliphatic carbocycles. The van der Waals surface area contributed by atoms with Gasteiger partial charge in [0, 0.05) is 48.8 Å². The highest BCUT2D eigenvalue weighted by Crippen LogP contribution is 2.38. The van der Waals surface area contributed by atoms with Crippen molar-refractivity contribution in [3.05, 3.63) is 64.0 Å². The molecule has 0 spiro atoms. The molecule has 2 aromatic heterocycles. The lowest BCUT2D eigenvalue weighted by atomic mass is 9.96.